The molecular weight excluding hydrogens is 246 g/mol. The van der Waals surface area contributed by atoms with Crippen LogP contribution in [0.15, 0.2) is 0 Å². The number of nitrogens with zero attached hydrogens (tertiary/aromatic N) is 1. The minimum absolute atomic E-state index is 0.117. The Labute approximate surface area is 115 Å². The van der Waals surface area contributed by atoms with Crippen molar-refractivity contribution in [2.75, 3.05) is 13.7 Å². The first kappa shape index (κ1) is 15.8. The van der Waals surface area contributed by atoms with Crippen molar-refractivity contribution in [2.24, 2.45) is 5.92 Å². The fraction of sp³-hybridized carbons (Fsp3) is 0.857. The van der Waals surface area contributed by atoms with Gasteiger partial charge in [0.25, 0.3) is 0 Å². The van der Waals surface area contributed by atoms with E-state index in [1.807, 2.05) is 20.8 Å². The zero-order chi connectivity index (χ0) is 14.6. The highest BCUT2D eigenvalue weighted by Gasteiger charge is 2.39. The van der Waals surface area contributed by atoms with Gasteiger partial charge in [-0.25, -0.2) is 4.79 Å². The van der Waals surface area contributed by atoms with Crippen LogP contribution in [0.3, 0.4) is 0 Å². The quantitative estimate of drug-likeness (QED) is 0.740. The van der Waals surface area contributed by atoms with Crippen LogP contribution in [0, 0.1) is 5.92 Å². The van der Waals surface area contributed by atoms with E-state index >= 15 is 0 Å². The molecular formula is C14H25NO4. The predicted octanol–water partition coefficient (Wildman–Crippen LogP) is 2.59. The van der Waals surface area contributed by atoms with Crippen LogP contribution < -0.4 is 0 Å². The van der Waals surface area contributed by atoms with Gasteiger partial charge in [-0.3, -0.25) is 4.79 Å². The van der Waals surface area contributed by atoms with Gasteiger partial charge in [-0.05, 0) is 40.5 Å². The van der Waals surface area contributed by atoms with E-state index in [2.05, 4.69) is 0 Å². The highest BCUT2D eigenvalue weighted by atomic mass is 16.6. The lowest BCUT2D eigenvalue weighted by Crippen LogP contribution is -2.44. The van der Waals surface area contributed by atoms with E-state index in [1.54, 1.807) is 18.9 Å². The Morgan fingerprint density at radius 3 is 2.42 bits per heavy atom. The second-order valence-corrected chi connectivity index (χ2v) is 5.95. The van der Waals surface area contributed by atoms with Crippen LogP contribution in [0.2, 0.25) is 0 Å². The van der Waals surface area contributed by atoms with E-state index in [9.17, 15) is 9.59 Å². The molecule has 5 heteroatoms. The van der Waals surface area contributed by atoms with Gasteiger partial charge in [0.05, 0.1) is 12.5 Å². The number of rotatable bonds is 3. The van der Waals surface area contributed by atoms with Crippen LogP contribution in [0.25, 0.3) is 0 Å². The SMILES string of the molecule is CCOC(=O)C1CCCC1N(C)C(=O)OC(C)(C)C. The van der Waals surface area contributed by atoms with Gasteiger partial charge in [0.15, 0.2) is 0 Å². The summed E-state index contributed by atoms with van der Waals surface area (Å²) in [5.41, 5.74) is -0.524. The number of amides is 1. The number of hydrogen-bond acceptors (Lipinski definition) is 4. The van der Waals surface area contributed by atoms with Crippen molar-refractivity contribution in [2.45, 2.75) is 58.6 Å². The van der Waals surface area contributed by atoms with Crippen molar-refractivity contribution in [3.8, 4) is 0 Å². The van der Waals surface area contributed by atoms with E-state index in [0.717, 1.165) is 19.3 Å². The molecule has 1 saturated carbocycles. The molecule has 1 aliphatic carbocycles. The summed E-state index contributed by atoms with van der Waals surface area (Å²) in [7, 11) is 1.69. The van der Waals surface area contributed by atoms with Crippen molar-refractivity contribution >= 4 is 12.1 Å². The molecule has 110 valence electrons. The Hall–Kier alpha value is -1.26. The normalized spacial score (nSPS) is 23.0. The average Bonchev–Trinajstić information content (AvgIpc) is 2.74. The van der Waals surface area contributed by atoms with E-state index in [-0.39, 0.29) is 24.0 Å². The molecule has 0 bridgehead atoms. The summed E-state index contributed by atoms with van der Waals surface area (Å²) < 4.78 is 10.4. The number of carbonyl (C=O) groups is 2. The monoisotopic (exact) mass is 271 g/mol. The third-order valence-electron chi connectivity index (χ3n) is 3.25. The van der Waals surface area contributed by atoms with E-state index < -0.39 is 5.60 Å². The fourth-order valence-electron chi connectivity index (χ4n) is 2.40. The lowest BCUT2D eigenvalue weighted by molar-refractivity contribution is -0.149. The molecule has 2 unspecified atom stereocenters. The summed E-state index contributed by atoms with van der Waals surface area (Å²) in [6, 6.07) is -0.117. The molecule has 0 saturated heterocycles. The molecule has 2 atom stereocenters. The molecule has 0 aromatic rings. The lowest BCUT2D eigenvalue weighted by Gasteiger charge is -2.31. The van der Waals surface area contributed by atoms with Gasteiger partial charge in [-0.1, -0.05) is 6.42 Å². The zero-order valence-corrected chi connectivity index (χ0v) is 12.6. The number of ether oxygens (including phenoxy) is 2. The van der Waals surface area contributed by atoms with Gasteiger partial charge in [-0.2, -0.15) is 0 Å². The van der Waals surface area contributed by atoms with E-state index in [0.29, 0.717) is 6.61 Å². The largest absolute Gasteiger partial charge is 0.466 e. The van der Waals surface area contributed by atoms with Crippen molar-refractivity contribution < 1.29 is 19.1 Å². The molecule has 0 aromatic carbocycles. The highest BCUT2D eigenvalue weighted by molar-refractivity contribution is 5.75. The summed E-state index contributed by atoms with van der Waals surface area (Å²) in [5.74, 6) is -0.433. The molecule has 0 aromatic heterocycles. The number of esters is 1. The number of hydrogen-bond donors (Lipinski definition) is 0. The van der Waals surface area contributed by atoms with Gasteiger partial charge in [0, 0.05) is 13.1 Å². The molecule has 0 N–H and O–H groups in total. The smallest absolute Gasteiger partial charge is 0.410 e. The van der Waals surface area contributed by atoms with Crippen molar-refractivity contribution in [1.82, 2.24) is 4.90 Å². The van der Waals surface area contributed by atoms with E-state index in [1.165, 1.54) is 0 Å². The van der Waals surface area contributed by atoms with Gasteiger partial charge in [0.2, 0.25) is 0 Å². The standard InChI is InChI=1S/C14H25NO4/c1-6-18-12(16)10-8-7-9-11(10)15(5)13(17)19-14(2,3)4/h10-11H,6-9H2,1-5H3. The van der Waals surface area contributed by atoms with Gasteiger partial charge < -0.3 is 14.4 Å². The maximum Gasteiger partial charge on any atom is 0.410 e. The summed E-state index contributed by atoms with van der Waals surface area (Å²) >= 11 is 0. The Morgan fingerprint density at radius 1 is 1.26 bits per heavy atom. The van der Waals surface area contributed by atoms with Gasteiger partial charge >= 0.3 is 12.1 Å². The minimum Gasteiger partial charge on any atom is -0.466 e. The molecule has 1 aliphatic rings. The molecule has 1 rings (SSSR count). The molecule has 5 nitrogen and oxygen atoms in total. The second kappa shape index (κ2) is 6.26. The molecule has 19 heavy (non-hydrogen) atoms. The summed E-state index contributed by atoms with van der Waals surface area (Å²) in [6.45, 7) is 7.65. The second-order valence-electron chi connectivity index (χ2n) is 5.95. The van der Waals surface area contributed by atoms with Crippen LogP contribution in [0.1, 0.15) is 47.0 Å². The first-order valence-corrected chi connectivity index (χ1v) is 6.88. The first-order valence-electron chi connectivity index (χ1n) is 6.88. The first-order chi connectivity index (χ1) is 8.76. The maximum absolute atomic E-state index is 12.0. The Balaban J connectivity index is 2.67. The van der Waals surface area contributed by atoms with Crippen LogP contribution >= 0.6 is 0 Å². The minimum atomic E-state index is -0.524. The molecule has 1 amide bonds. The molecule has 0 heterocycles. The lowest BCUT2D eigenvalue weighted by atomic mass is 10.0. The van der Waals surface area contributed by atoms with Gasteiger partial charge in [-0.15, -0.1) is 0 Å². The Kier molecular flexibility index (Phi) is 5.20. The summed E-state index contributed by atoms with van der Waals surface area (Å²) in [5, 5.41) is 0. The molecule has 0 radical (unpaired) electrons. The summed E-state index contributed by atoms with van der Waals surface area (Å²) in [4.78, 5) is 25.4. The Morgan fingerprint density at radius 2 is 1.89 bits per heavy atom. The average molecular weight is 271 g/mol. The van der Waals surface area contributed by atoms with Crippen molar-refractivity contribution in [1.29, 1.82) is 0 Å². The van der Waals surface area contributed by atoms with Gasteiger partial charge in [0.1, 0.15) is 5.60 Å². The predicted molar refractivity (Wildman–Crippen MR) is 71.8 cm³/mol. The Bertz CT molecular complexity index is 335. The van der Waals surface area contributed by atoms with Crippen molar-refractivity contribution in [3.05, 3.63) is 0 Å². The van der Waals surface area contributed by atoms with Crippen molar-refractivity contribution in [3.63, 3.8) is 0 Å². The topological polar surface area (TPSA) is 55.8 Å². The third-order valence-corrected chi connectivity index (χ3v) is 3.25. The molecule has 1 fully saturated rings. The van der Waals surface area contributed by atoms with Crippen LogP contribution in [0.5, 0.6) is 0 Å². The number of carbonyl (C=O) groups excluding carboxylic acids is 2. The van der Waals surface area contributed by atoms with Crippen LogP contribution in [-0.4, -0.2) is 42.3 Å². The fourth-order valence-corrected chi connectivity index (χ4v) is 2.40. The van der Waals surface area contributed by atoms with Crippen LogP contribution in [-0.2, 0) is 14.3 Å². The summed E-state index contributed by atoms with van der Waals surface area (Å²) in [6.07, 6.45) is 2.14. The molecule has 0 spiro atoms. The van der Waals surface area contributed by atoms with Crippen LogP contribution in [0.4, 0.5) is 4.79 Å². The highest BCUT2D eigenvalue weighted by Crippen LogP contribution is 2.31. The third kappa shape index (κ3) is 4.40. The van der Waals surface area contributed by atoms with E-state index in [4.69, 9.17) is 9.47 Å². The maximum atomic E-state index is 12.0. The molecule has 0 aliphatic heterocycles. The zero-order valence-electron chi connectivity index (χ0n) is 12.6.